The fraction of sp³-hybridized carbons (Fsp3) is 0.400. The molecule has 0 saturated carbocycles. The number of hydrogen-bond acceptors (Lipinski definition) is 2. The van der Waals surface area contributed by atoms with Crippen molar-refractivity contribution >= 4 is 24.8 Å². The van der Waals surface area contributed by atoms with E-state index in [0.717, 1.165) is 12.1 Å². The molecule has 0 aromatic carbocycles. The highest BCUT2D eigenvalue weighted by Gasteiger charge is 1.86. The smallest absolute Gasteiger partial charge is 0.0921 e. The van der Waals surface area contributed by atoms with Crippen LogP contribution in [0, 0.1) is 0 Å². The topological polar surface area (TPSA) is 54.7 Å². The van der Waals surface area contributed by atoms with Crippen LogP contribution in [0.2, 0.25) is 0 Å². The van der Waals surface area contributed by atoms with Gasteiger partial charge in [0.15, 0.2) is 0 Å². The number of aromatic amines is 1. The lowest BCUT2D eigenvalue weighted by molar-refractivity contribution is 0.935. The summed E-state index contributed by atoms with van der Waals surface area (Å²) in [5.41, 5.74) is 6.38. The van der Waals surface area contributed by atoms with Gasteiger partial charge in [-0.3, -0.25) is 0 Å². The SMILES string of the molecule is Cl.Cl.[15NH2][13CH2]Cc1cnc[nH]1. The number of nitrogens with one attached hydrogen (secondary N) is 1. The monoisotopic (exact) mass is 185 g/mol. The Balaban J connectivity index is 0. The van der Waals surface area contributed by atoms with Gasteiger partial charge in [0, 0.05) is 18.3 Å². The van der Waals surface area contributed by atoms with Crippen molar-refractivity contribution in [3.05, 3.63) is 18.2 Å². The highest BCUT2D eigenvalue weighted by atomic mass is 35.5. The van der Waals surface area contributed by atoms with Crippen molar-refractivity contribution in [3.8, 4) is 0 Å². The molecule has 1 aromatic heterocycles. The zero-order valence-corrected chi connectivity index (χ0v) is 7.04. The molecule has 10 heavy (non-hydrogen) atoms. The normalized spacial score (nSPS) is 7.70. The van der Waals surface area contributed by atoms with Gasteiger partial charge in [0.1, 0.15) is 0 Å². The zero-order chi connectivity index (χ0) is 5.82. The minimum absolute atomic E-state index is 0. The van der Waals surface area contributed by atoms with Crippen LogP contribution in [0.25, 0.3) is 0 Å². The summed E-state index contributed by atoms with van der Waals surface area (Å²) in [5.74, 6) is 0. The average molecular weight is 186 g/mol. The standard InChI is InChI=1S/C5H9N3.2ClH/c6-2-1-5-3-7-4-8-5;;/h3-4H,1-2,6H2,(H,7,8);2*1H/i2+1,6+1;;. The maximum Gasteiger partial charge on any atom is 0.0921 e. The van der Waals surface area contributed by atoms with Crippen molar-refractivity contribution in [2.75, 3.05) is 6.54 Å². The summed E-state index contributed by atoms with van der Waals surface area (Å²) in [6, 6.07) is 0. The van der Waals surface area contributed by atoms with Crippen LogP contribution in [0.15, 0.2) is 12.5 Å². The van der Waals surface area contributed by atoms with Gasteiger partial charge in [-0.2, -0.15) is 0 Å². The molecule has 0 aliphatic carbocycles. The van der Waals surface area contributed by atoms with Crippen molar-refractivity contribution in [3.63, 3.8) is 0 Å². The fourth-order valence-corrected chi connectivity index (χ4v) is 0.577. The molecule has 0 saturated heterocycles. The molecular formula is C5H11Cl2N3. The van der Waals surface area contributed by atoms with Crippen LogP contribution in [0.3, 0.4) is 0 Å². The van der Waals surface area contributed by atoms with Crippen molar-refractivity contribution in [2.45, 2.75) is 6.42 Å². The summed E-state index contributed by atoms with van der Waals surface area (Å²) < 4.78 is 0. The first-order chi connectivity index (χ1) is 3.93. The van der Waals surface area contributed by atoms with E-state index in [2.05, 4.69) is 9.97 Å². The van der Waals surface area contributed by atoms with Crippen molar-refractivity contribution in [1.82, 2.24) is 9.97 Å². The van der Waals surface area contributed by atoms with E-state index in [0.29, 0.717) is 6.54 Å². The largest absolute Gasteiger partial charge is 0.348 e. The molecule has 0 fully saturated rings. The molecule has 3 nitrogen and oxygen atoms in total. The van der Waals surface area contributed by atoms with E-state index in [-0.39, 0.29) is 24.8 Å². The second-order valence-corrected chi connectivity index (χ2v) is 1.62. The minimum atomic E-state index is 0. The third-order valence-electron chi connectivity index (χ3n) is 0.969. The Morgan fingerprint density at radius 2 is 2.20 bits per heavy atom. The van der Waals surface area contributed by atoms with E-state index < -0.39 is 0 Å². The Kier molecular flexibility index (Phi) is 8.53. The summed E-state index contributed by atoms with van der Waals surface area (Å²) in [4.78, 5) is 6.78. The van der Waals surface area contributed by atoms with Crippen LogP contribution in [0.4, 0.5) is 0 Å². The number of nitrogens with zero attached hydrogens (tertiary/aromatic N) is 1. The van der Waals surface area contributed by atoms with Crippen LogP contribution in [-0.2, 0) is 6.42 Å². The molecule has 0 bridgehead atoms. The molecule has 0 aliphatic rings. The molecule has 0 atom stereocenters. The molecule has 0 spiro atoms. The van der Waals surface area contributed by atoms with E-state index >= 15 is 0 Å². The first kappa shape index (κ1) is 12.4. The average Bonchev–Trinajstić information content (AvgIpc) is 2.19. The van der Waals surface area contributed by atoms with Crippen molar-refractivity contribution in [2.24, 2.45) is 5.73 Å². The fourth-order valence-electron chi connectivity index (χ4n) is 0.577. The van der Waals surface area contributed by atoms with E-state index in [1.807, 2.05) is 0 Å². The predicted octanol–water partition coefficient (Wildman–Crippen LogP) is 0.755. The Morgan fingerprint density at radius 1 is 1.50 bits per heavy atom. The Morgan fingerprint density at radius 3 is 2.60 bits per heavy atom. The predicted molar refractivity (Wildman–Crippen MR) is 45.8 cm³/mol. The molecule has 0 radical (unpaired) electrons. The molecule has 0 aliphatic heterocycles. The Labute approximate surface area is 72.2 Å². The third-order valence-corrected chi connectivity index (χ3v) is 0.969. The number of rotatable bonds is 2. The lowest BCUT2D eigenvalue weighted by Crippen LogP contribution is -2.02. The summed E-state index contributed by atoms with van der Waals surface area (Å²) in [6.07, 6.45) is 4.33. The second kappa shape index (κ2) is 6.86. The molecule has 0 amide bonds. The highest BCUT2D eigenvalue weighted by molar-refractivity contribution is 5.85. The Hall–Kier alpha value is -0.250. The number of imidazole rings is 1. The molecule has 60 valence electrons. The number of H-pyrrole nitrogens is 1. The zero-order valence-electron chi connectivity index (χ0n) is 5.41. The quantitative estimate of drug-likeness (QED) is 0.529. The van der Waals surface area contributed by atoms with Crippen LogP contribution in [0.1, 0.15) is 5.69 Å². The van der Waals surface area contributed by atoms with Crippen molar-refractivity contribution < 1.29 is 0 Å². The van der Waals surface area contributed by atoms with E-state index in [1.165, 1.54) is 0 Å². The van der Waals surface area contributed by atoms with Crippen LogP contribution in [-0.4, -0.2) is 16.5 Å². The van der Waals surface area contributed by atoms with Gasteiger partial charge >= 0.3 is 0 Å². The van der Waals surface area contributed by atoms with E-state index in [9.17, 15) is 0 Å². The summed E-state index contributed by atoms with van der Waals surface area (Å²) in [7, 11) is 0. The number of aromatic nitrogens is 2. The number of nitrogens with two attached hydrogens (primary N) is 1. The minimum Gasteiger partial charge on any atom is -0.348 e. The van der Waals surface area contributed by atoms with Crippen LogP contribution in [0.5, 0.6) is 0 Å². The van der Waals surface area contributed by atoms with Crippen LogP contribution < -0.4 is 5.73 Å². The van der Waals surface area contributed by atoms with Gasteiger partial charge in [-0.1, -0.05) is 0 Å². The van der Waals surface area contributed by atoms with E-state index in [1.54, 1.807) is 12.5 Å². The second-order valence-electron chi connectivity index (χ2n) is 1.62. The highest BCUT2D eigenvalue weighted by Crippen LogP contribution is 1.88. The number of halogens is 2. The first-order valence-corrected chi connectivity index (χ1v) is 2.61. The molecule has 5 heteroatoms. The molecule has 1 rings (SSSR count). The lowest BCUT2D eigenvalue weighted by atomic mass is 10.5. The summed E-state index contributed by atoms with van der Waals surface area (Å²) >= 11 is 0. The Bertz CT molecular complexity index is 141. The third kappa shape index (κ3) is 3.71. The summed E-state index contributed by atoms with van der Waals surface area (Å²) in [6.45, 7) is 0.683. The van der Waals surface area contributed by atoms with Gasteiger partial charge < -0.3 is 10.7 Å². The number of hydrogen-bond donors (Lipinski definition) is 2. The van der Waals surface area contributed by atoms with Gasteiger partial charge in [-0.05, 0) is 6.54 Å². The lowest BCUT2D eigenvalue weighted by Gasteiger charge is -1.86. The maximum atomic E-state index is 5.27. The molecule has 3 N–H and O–H groups in total. The van der Waals surface area contributed by atoms with Crippen LogP contribution >= 0.6 is 24.8 Å². The summed E-state index contributed by atoms with van der Waals surface area (Å²) in [5, 5.41) is 0. The van der Waals surface area contributed by atoms with E-state index in [4.69, 9.17) is 5.73 Å². The molecule has 0 unspecified atom stereocenters. The van der Waals surface area contributed by atoms with Gasteiger partial charge in [0.25, 0.3) is 0 Å². The molecule has 1 heterocycles. The maximum absolute atomic E-state index is 5.27. The van der Waals surface area contributed by atoms with Gasteiger partial charge in [-0.15, -0.1) is 24.8 Å². The molecular weight excluding hydrogens is 175 g/mol. The van der Waals surface area contributed by atoms with Gasteiger partial charge in [-0.25, -0.2) is 4.98 Å². The van der Waals surface area contributed by atoms with Gasteiger partial charge in [0.2, 0.25) is 0 Å². The first-order valence-electron chi connectivity index (χ1n) is 2.61. The van der Waals surface area contributed by atoms with Gasteiger partial charge in [0.05, 0.1) is 6.33 Å². The molecule has 1 aromatic rings. The van der Waals surface area contributed by atoms with Crippen molar-refractivity contribution in [1.29, 1.82) is 0 Å².